The van der Waals surface area contributed by atoms with Gasteiger partial charge in [0.1, 0.15) is 12.6 Å². The highest BCUT2D eigenvalue weighted by Crippen LogP contribution is 2.44. The minimum absolute atomic E-state index is 0.0233. The normalized spacial score (nSPS) is 17.8. The number of fused-ring (bicyclic) bond motifs is 3. The first-order valence-corrected chi connectivity index (χ1v) is 11.9. The predicted octanol–water partition coefficient (Wildman–Crippen LogP) is 2.92. The Balaban J connectivity index is 1.29. The van der Waals surface area contributed by atoms with Gasteiger partial charge in [-0.1, -0.05) is 48.5 Å². The van der Waals surface area contributed by atoms with Gasteiger partial charge in [0.05, 0.1) is 18.4 Å². The third-order valence-electron chi connectivity index (χ3n) is 6.04. The van der Waals surface area contributed by atoms with Crippen LogP contribution in [0.25, 0.3) is 11.1 Å². The molecular weight excluding hydrogens is 444 g/mol. The van der Waals surface area contributed by atoms with E-state index >= 15 is 0 Å². The molecule has 2 aromatic rings. The molecule has 2 amide bonds. The molecule has 2 atom stereocenters. The number of benzene rings is 2. The summed E-state index contributed by atoms with van der Waals surface area (Å²) in [5.74, 6) is -0.654. The van der Waals surface area contributed by atoms with E-state index < -0.39 is 24.2 Å². The Morgan fingerprint density at radius 1 is 1.12 bits per heavy atom. The number of alkyl carbamates (subject to hydrolysis) is 1. The molecule has 1 aliphatic heterocycles. The Morgan fingerprint density at radius 2 is 1.76 bits per heavy atom. The Hall–Kier alpha value is -3.04. The number of ether oxygens (including phenoxy) is 2. The molecule has 1 heterocycles. The molecular formula is C24H26N2O6S. The summed E-state index contributed by atoms with van der Waals surface area (Å²) < 4.78 is 10.8. The van der Waals surface area contributed by atoms with Gasteiger partial charge in [-0.2, -0.15) is 0 Å². The van der Waals surface area contributed by atoms with E-state index in [9.17, 15) is 19.5 Å². The lowest BCUT2D eigenvalue weighted by Gasteiger charge is -2.23. The van der Waals surface area contributed by atoms with Crippen LogP contribution >= 0.6 is 11.8 Å². The maximum atomic E-state index is 12.5. The molecule has 0 aromatic heterocycles. The van der Waals surface area contributed by atoms with Gasteiger partial charge >= 0.3 is 12.1 Å². The van der Waals surface area contributed by atoms with E-state index in [0.29, 0.717) is 11.6 Å². The zero-order chi connectivity index (χ0) is 23.4. The maximum Gasteiger partial charge on any atom is 0.407 e. The lowest BCUT2D eigenvalue weighted by atomic mass is 9.98. The van der Waals surface area contributed by atoms with Crippen LogP contribution in [0.1, 0.15) is 23.5 Å². The SMILES string of the molecule is COC(CNC(=O)OCC1c2ccccc2-c2ccccc21)CC(=O)N1CSC[C@H]1C(=O)O. The summed E-state index contributed by atoms with van der Waals surface area (Å²) in [5, 5.41) is 11.9. The second-order valence-electron chi connectivity index (χ2n) is 7.99. The van der Waals surface area contributed by atoms with Crippen LogP contribution in [0.2, 0.25) is 0 Å². The highest BCUT2D eigenvalue weighted by Gasteiger charge is 2.35. The summed E-state index contributed by atoms with van der Waals surface area (Å²) in [5.41, 5.74) is 4.56. The van der Waals surface area contributed by atoms with Crippen molar-refractivity contribution in [3.8, 4) is 11.1 Å². The summed E-state index contributed by atoms with van der Waals surface area (Å²) in [6.45, 7) is 0.277. The molecule has 2 aliphatic rings. The average molecular weight is 471 g/mol. The van der Waals surface area contributed by atoms with Gasteiger partial charge in [0.25, 0.3) is 0 Å². The number of carbonyl (C=O) groups is 3. The van der Waals surface area contributed by atoms with Crippen molar-refractivity contribution < 1.29 is 29.0 Å². The van der Waals surface area contributed by atoms with Gasteiger partial charge in [0, 0.05) is 25.3 Å². The third kappa shape index (κ3) is 4.99. The van der Waals surface area contributed by atoms with Crippen molar-refractivity contribution in [2.45, 2.75) is 24.5 Å². The molecule has 1 saturated heterocycles. The number of rotatable bonds is 8. The van der Waals surface area contributed by atoms with Gasteiger partial charge in [-0.05, 0) is 22.3 Å². The average Bonchev–Trinajstić information content (AvgIpc) is 3.44. The number of hydrogen-bond acceptors (Lipinski definition) is 6. The van der Waals surface area contributed by atoms with Crippen LogP contribution in [0.5, 0.6) is 0 Å². The second kappa shape index (κ2) is 10.3. The number of nitrogens with zero attached hydrogens (tertiary/aromatic N) is 1. The van der Waals surface area contributed by atoms with E-state index in [2.05, 4.69) is 29.6 Å². The van der Waals surface area contributed by atoms with Gasteiger partial charge in [-0.15, -0.1) is 11.8 Å². The molecule has 0 radical (unpaired) electrons. The number of amides is 2. The highest BCUT2D eigenvalue weighted by atomic mass is 32.2. The minimum atomic E-state index is -1.01. The van der Waals surface area contributed by atoms with Crippen molar-refractivity contribution in [1.29, 1.82) is 0 Å². The molecule has 1 unspecified atom stereocenters. The van der Waals surface area contributed by atoms with Crippen LogP contribution in [-0.2, 0) is 19.1 Å². The number of carboxylic acids is 1. The van der Waals surface area contributed by atoms with Crippen LogP contribution in [0.4, 0.5) is 4.79 Å². The third-order valence-corrected chi connectivity index (χ3v) is 7.05. The number of aliphatic carboxylic acids is 1. The van der Waals surface area contributed by atoms with Crippen molar-refractivity contribution >= 4 is 29.7 Å². The molecule has 0 spiro atoms. The zero-order valence-corrected chi connectivity index (χ0v) is 19.0. The molecule has 174 valence electrons. The molecule has 1 fully saturated rings. The van der Waals surface area contributed by atoms with Crippen molar-refractivity contribution in [1.82, 2.24) is 10.2 Å². The summed E-state index contributed by atoms with van der Waals surface area (Å²) in [6, 6.07) is 15.4. The quantitative estimate of drug-likeness (QED) is 0.611. The van der Waals surface area contributed by atoms with Gasteiger partial charge in [-0.25, -0.2) is 9.59 Å². The fourth-order valence-electron chi connectivity index (χ4n) is 4.29. The molecule has 0 saturated carbocycles. The summed E-state index contributed by atoms with van der Waals surface area (Å²) in [6.07, 6.45) is -1.20. The van der Waals surface area contributed by atoms with Crippen LogP contribution < -0.4 is 5.32 Å². The topological polar surface area (TPSA) is 105 Å². The smallest absolute Gasteiger partial charge is 0.407 e. The molecule has 2 aromatic carbocycles. The summed E-state index contributed by atoms with van der Waals surface area (Å²) >= 11 is 1.40. The van der Waals surface area contributed by atoms with Crippen LogP contribution in [0.15, 0.2) is 48.5 Å². The standard InChI is InChI=1S/C24H26N2O6S/c1-31-15(10-22(27)26-14-33-13-21(26)23(28)29)11-25-24(30)32-12-20-18-8-4-2-6-16(18)17-7-3-5-9-19(17)20/h2-9,15,20-21H,10-14H2,1H3,(H,25,30)(H,28,29)/t15?,21-/m0/s1. The first-order valence-electron chi connectivity index (χ1n) is 10.7. The van der Waals surface area contributed by atoms with Gasteiger partial charge < -0.3 is 24.8 Å². The van der Waals surface area contributed by atoms with Gasteiger partial charge in [-0.3, -0.25) is 4.79 Å². The molecule has 8 nitrogen and oxygen atoms in total. The van der Waals surface area contributed by atoms with Gasteiger partial charge in [0.2, 0.25) is 5.91 Å². The first kappa shape index (κ1) is 23.1. The van der Waals surface area contributed by atoms with Crippen LogP contribution in [-0.4, -0.2) is 72.0 Å². The Kier molecular flexibility index (Phi) is 7.20. The minimum Gasteiger partial charge on any atom is -0.480 e. The zero-order valence-electron chi connectivity index (χ0n) is 18.2. The number of methoxy groups -OCH3 is 1. The number of carboxylic acid groups (broad SMARTS) is 1. The highest BCUT2D eigenvalue weighted by molar-refractivity contribution is 7.99. The fourth-order valence-corrected chi connectivity index (χ4v) is 5.46. The fraction of sp³-hybridized carbons (Fsp3) is 0.375. The Bertz CT molecular complexity index is 1000. The maximum absolute atomic E-state index is 12.5. The van der Waals surface area contributed by atoms with Crippen molar-refractivity contribution in [2.75, 3.05) is 31.9 Å². The predicted molar refractivity (Wildman–Crippen MR) is 124 cm³/mol. The Morgan fingerprint density at radius 3 is 2.36 bits per heavy atom. The van der Waals surface area contributed by atoms with Crippen LogP contribution in [0.3, 0.4) is 0 Å². The second-order valence-corrected chi connectivity index (χ2v) is 8.99. The molecule has 2 N–H and O–H groups in total. The molecule has 1 aliphatic carbocycles. The molecule has 0 bridgehead atoms. The number of carbonyl (C=O) groups excluding carboxylic acids is 2. The van der Waals surface area contributed by atoms with E-state index in [1.165, 1.54) is 23.8 Å². The Labute approximate surface area is 196 Å². The van der Waals surface area contributed by atoms with E-state index in [0.717, 1.165) is 22.3 Å². The van der Waals surface area contributed by atoms with E-state index in [4.69, 9.17) is 9.47 Å². The lowest BCUT2D eigenvalue weighted by molar-refractivity contribution is -0.148. The number of nitrogens with one attached hydrogen (secondary N) is 1. The largest absolute Gasteiger partial charge is 0.480 e. The molecule has 33 heavy (non-hydrogen) atoms. The first-order chi connectivity index (χ1) is 16.0. The molecule has 9 heteroatoms. The number of thioether (sulfide) groups is 1. The van der Waals surface area contributed by atoms with Crippen molar-refractivity contribution in [2.24, 2.45) is 0 Å². The summed E-state index contributed by atoms with van der Waals surface area (Å²) in [4.78, 5) is 37.5. The monoisotopic (exact) mass is 470 g/mol. The number of hydrogen-bond donors (Lipinski definition) is 2. The van der Waals surface area contributed by atoms with Crippen LogP contribution in [0, 0.1) is 0 Å². The van der Waals surface area contributed by atoms with Gasteiger partial charge in [0.15, 0.2) is 0 Å². The van der Waals surface area contributed by atoms with Crippen molar-refractivity contribution in [3.63, 3.8) is 0 Å². The van der Waals surface area contributed by atoms with E-state index in [-0.39, 0.29) is 31.4 Å². The molecule has 4 rings (SSSR count). The van der Waals surface area contributed by atoms with E-state index in [1.807, 2.05) is 24.3 Å². The van der Waals surface area contributed by atoms with E-state index in [1.54, 1.807) is 0 Å². The van der Waals surface area contributed by atoms with Crippen molar-refractivity contribution in [3.05, 3.63) is 59.7 Å². The summed E-state index contributed by atoms with van der Waals surface area (Å²) in [7, 11) is 1.45. The lowest BCUT2D eigenvalue weighted by Crippen LogP contribution is -2.44.